The van der Waals surface area contributed by atoms with E-state index in [9.17, 15) is 8.42 Å². The molecule has 6 rings (SSSR count). The van der Waals surface area contributed by atoms with Crippen molar-refractivity contribution < 1.29 is 17.9 Å². The molecular weight excluding hydrogens is 514 g/mol. The zero-order valence-corrected chi connectivity index (χ0v) is 23.1. The summed E-state index contributed by atoms with van der Waals surface area (Å²) in [6.07, 6.45) is 11.3. The Morgan fingerprint density at radius 2 is 1.85 bits per heavy atom. The maximum Gasteiger partial charge on any atom is 0.156 e. The van der Waals surface area contributed by atoms with E-state index >= 15 is 0 Å². The van der Waals surface area contributed by atoms with Gasteiger partial charge in [-0.05, 0) is 92.8 Å². The van der Waals surface area contributed by atoms with Gasteiger partial charge in [0.1, 0.15) is 28.0 Å². The lowest BCUT2D eigenvalue weighted by Gasteiger charge is -2.41. The minimum Gasteiger partial charge on any atom is -0.497 e. The highest BCUT2D eigenvalue weighted by Crippen LogP contribution is 2.41. The summed E-state index contributed by atoms with van der Waals surface area (Å²) in [5.41, 5.74) is 2.85. The monoisotopic (exact) mass is 549 g/mol. The molecule has 2 aliphatic rings. The molecule has 0 amide bonds. The van der Waals surface area contributed by atoms with Crippen molar-refractivity contribution in [3.05, 3.63) is 54.5 Å². The number of H-pyrrole nitrogens is 1. The van der Waals surface area contributed by atoms with E-state index in [2.05, 4.69) is 25.1 Å². The van der Waals surface area contributed by atoms with E-state index in [4.69, 9.17) is 9.47 Å². The van der Waals surface area contributed by atoms with E-state index in [0.717, 1.165) is 85.0 Å². The molecule has 1 saturated carbocycles. The van der Waals surface area contributed by atoms with Crippen molar-refractivity contribution in [1.29, 1.82) is 0 Å². The number of nitrogens with zero attached hydrogens (tertiary/aromatic N) is 4. The second-order valence-electron chi connectivity index (χ2n) is 10.9. The fourth-order valence-electron chi connectivity index (χ4n) is 6.60. The predicted molar refractivity (Wildman–Crippen MR) is 151 cm³/mol. The molecule has 1 aromatic carbocycles. The number of benzene rings is 1. The van der Waals surface area contributed by atoms with Gasteiger partial charge in [-0.25, -0.2) is 13.4 Å². The number of likely N-dealkylation sites (tertiary alicyclic amines) is 1. The van der Waals surface area contributed by atoms with Gasteiger partial charge in [-0.3, -0.25) is 4.90 Å². The number of fused-ring (bicyclic) bond motifs is 3. The molecule has 0 radical (unpaired) electrons. The van der Waals surface area contributed by atoms with E-state index in [1.165, 1.54) is 5.56 Å². The minimum atomic E-state index is -2.56. The second kappa shape index (κ2) is 11.5. The first-order valence-corrected chi connectivity index (χ1v) is 15.1. The number of pyridine rings is 1. The Morgan fingerprint density at radius 1 is 1.05 bits per heavy atom. The zero-order valence-electron chi connectivity index (χ0n) is 22.2. The molecule has 0 bridgehead atoms. The molecular formula is C29H35N5O4S. The third-order valence-electron chi connectivity index (χ3n) is 8.54. The lowest BCUT2D eigenvalue weighted by molar-refractivity contribution is 0.0899. The summed E-state index contributed by atoms with van der Waals surface area (Å²) in [5.74, 6) is 2.38. The van der Waals surface area contributed by atoms with Crippen LogP contribution in [0.2, 0.25) is 0 Å². The van der Waals surface area contributed by atoms with Crippen molar-refractivity contribution in [2.75, 3.05) is 26.8 Å². The highest BCUT2D eigenvalue weighted by Gasteiger charge is 2.36. The number of methoxy groups -OCH3 is 1. The van der Waals surface area contributed by atoms with Crippen molar-refractivity contribution in [2.45, 2.75) is 49.8 Å². The van der Waals surface area contributed by atoms with Gasteiger partial charge in [0.2, 0.25) is 0 Å². The van der Waals surface area contributed by atoms with Gasteiger partial charge < -0.3 is 14.5 Å². The maximum absolute atomic E-state index is 12.6. The SMILES string of the molecule is COc1ccc(OCC2CCCN(C(C3CCC(c4cnnc5cnc6[nH]ccc6c45)CC3)[SH](=O)=O)C2)cc1. The second-order valence-corrected chi connectivity index (χ2v) is 12.0. The molecule has 2 atom stereocenters. The molecule has 0 spiro atoms. The third-order valence-corrected chi connectivity index (χ3v) is 9.72. The Balaban J connectivity index is 1.12. The van der Waals surface area contributed by atoms with Crippen LogP contribution in [0.1, 0.15) is 50.0 Å². The van der Waals surface area contributed by atoms with Gasteiger partial charge in [0.25, 0.3) is 0 Å². The summed E-state index contributed by atoms with van der Waals surface area (Å²) >= 11 is 0. The average Bonchev–Trinajstić information content (AvgIpc) is 3.46. The van der Waals surface area contributed by atoms with Gasteiger partial charge in [-0.15, -0.1) is 5.10 Å². The van der Waals surface area contributed by atoms with Crippen LogP contribution in [0.15, 0.2) is 48.9 Å². The van der Waals surface area contributed by atoms with Crippen molar-refractivity contribution >= 4 is 32.6 Å². The molecule has 4 heterocycles. The molecule has 9 nitrogen and oxygen atoms in total. The Bertz CT molecular complexity index is 1490. The molecule has 206 valence electrons. The third kappa shape index (κ3) is 5.45. The van der Waals surface area contributed by atoms with E-state index in [1.807, 2.05) is 42.7 Å². The highest BCUT2D eigenvalue weighted by molar-refractivity contribution is 7.73. The fourth-order valence-corrected chi connectivity index (χ4v) is 7.71. The summed E-state index contributed by atoms with van der Waals surface area (Å²) in [5, 5.41) is 10.3. The number of aromatic amines is 1. The number of piperidine rings is 1. The van der Waals surface area contributed by atoms with Gasteiger partial charge in [0, 0.05) is 29.4 Å². The number of hydrogen-bond donors (Lipinski definition) is 2. The number of aromatic nitrogens is 4. The zero-order chi connectivity index (χ0) is 26.8. The minimum absolute atomic E-state index is 0.138. The van der Waals surface area contributed by atoms with E-state index in [1.54, 1.807) is 13.3 Å². The van der Waals surface area contributed by atoms with Crippen LogP contribution in [0, 0.1) is 11.8 Å². The van der Waals surface area contributed by atoms with Crippen LogP contribution in [0.4, 0.5) is 0 Å². The van der Waals surface area contributed by atoms with Crippen molar-refractivity contribution in [3.8, 4) is 11.5 Å². The Kier molecular flexibility index (Phi) is 7.65. The molecule has 39 heavy (non-hydrogen) atoms. The first-order chi connectivity index (χ1) is 19.1. The van der Waals surface area contributed by atoms with Gasteiger partial charge in [0.15, 0.2) is 10.7 Å². The molecule has 1 aliphatic carbocycles. The summed E-state index contributed by atoms with van der Waals surface area (Å²) in [4.78, 5) is 9.86. The van der Waals surface area contributed by atoms with Crippen LogP contribution in [-0.2, 0) is 10.7 Å². The number of thiol groups is 1. The van der Waals surface area contributed by atoms with Gasteiger partial charge in [-0.1, -0.05) is 0 Å². The lowest BCUT2D eigenvalue weighted by Crippen LogP contribution is -2.48. The van der Waals surface area contributed by atoms with Gasteiger partial charge in [0.05, 0.1) is 26.1 Å². The normalized spacial score (nSPS) is 23.3. The first kappa shape index (κ1) is 26.0. The highest BCUT2D eigenvalue weighted by atomic mass is 32.2. The summed E-state index contributed by atoms with van der Waals surface area (Å²) in [6, 6.07) is 9.65. The van der Waals surface area contributed by atoms with Crippen molar-refractivity contribution in [2.24, 2.45) is 11.8 Å². The molecule has 4 aromatic rings. The molecule has 10 heteroatoms. The molecule has 3 aromatic heterocycles. The smallest absolute Gasteiger partial charge is 0.156 e. The van der Waals surface area contributed by atoms with Crippen LogP contribution < -0.4 is 9.47 Å². The average molecular weight is 550 g/mol. The Hall–Kier alpha value is -3.24. The predicted octanol–water partition coefficient (Wildman–Crippen LogP) is 4.52. The Morgan fingerprint density at radius 3 is 2.62 bits per heavy atom. The summed E-state index contributed by atoms with van der Waals surface area (Å²) in [6.45, 7) is 2.16. The van der Waals surface area contributed by atoms with Crippen LogP contribution in [0.3, 0.4) is 0 Å². The number of ether oxygens (including phenoxy) is 2. The number of nitrogens with one attached hydrogen (secondary N) is 1. The molecule has 1 aliphatic heterocycles. The van der Waals surface area contributed by atoms with E-state index in [-0.39, 0.29) is 5.92 Å². The van der Waals surface area contributed by atoms with Crippen LogP contribution in [0.5, 0.6) is 11.5 Å². The summed E-state index contributed by atoms with van der Waals surface area (Å²) in [7, 11) is -0.919. The topological polar surface area (TPSA) is 110 Å². The van der Waals surface area contributed by atoms with Crippen LogP contribution >= 0.6 is 0 Å². The van der Waals surface area contributed by atoms with E-state index < -0.39 is 16.1 Å². The molecule has 1 N–H and O–H groups in total. The maximum atomic E-state index is 12.6. The Labute approximate surface area is 229 Å². The van der Waals surface area contributed by atoms with Crippen LogP contribution in [0.25, 0.3) is 21.9 Å². The standard InChI is InChI=1S/C29H35N5O4S/c1-37-22-8-10-23(11-9-22)38-18-19-3-2-14-34(17-19)29(39(35)36)21-6-4-20(5-7-21)25-15-32-33-26-16-31-28-24(27(25)26)12-13-30-28/h8-13,15-16,19-21,29,39H,2-7,14,17-18H2,1H3,(H,30,31). The molecule has 2 fully saturated rings. The van der Waals surface area contributed by atoms with Crippen molar-refractivity contribution in [3.63, 3.8) is 0 Å². The van der Waals surface area contributed by atoms with Gasteiger partial charge >= 0.3 is 0 Å². The quantitative estimate of drug-likeness (QED) is 0.309. The molecule has 2 unspecified atom stereocenters. The van der Waals surface area contributed by atoms with E-state index in [0.29, 0.717) is 18.4 Å². The number of rotatable bonds is 8. The largest absolute Gasteiger partial charge is 0.497 e. The first-order valence-electron chi connectivity index (χ1n) is 13.8. The molecule has 1 saturated heterocycles. The fraction of sp³-hybridized carbons (Fsp3) is 0.483. The van der Waals surface area contributed by atoms with Crippen molar-refractivity contribution in [1.82, 2.24) is 25.1 Å². The van der Waals surface area contributed by atoms with Crippen LogP contribution in [-0.4, -0.2) is 65.7 Å². The lowest BCUT2D eigenvalue weighted by atomic mass is 9.77. The van der Waals surface area contributed by atoms with Gasteiger partial charge in [-0.2, -0.15) is 5.10 Å². The summed E-state index contributed by atoms with van der Waals surface area (Å²) < 4.78 is 36.5. The number of hydrogen-bond acceptors (Lipinski definition) is 8.